The molecule has 6 nitrogen and oxygen atoms in total. The van der Waals surface area contributed by atoms with Crippen LogP contribution < -0.4 is 4.74 Å². The maximum Gasteiger partial charge on any atom is 0.269 e. The smallest absolute Gasteiger partial charge is 0.269 e. The third-order valence-electron chi connectivity index (χ3n) is 3.99. The van der Waals surface area contributed by atoms with Crippen LogP contribution in [0.3, 0.4) is 0 Å². The normalized spacial score (nSPS) is 14.1. The second-order valence-corrected chi connectivity index (χ2v) is 7.06. The van der Waals surface area contributed by atoms with E-state index in [1.807, 2.05) is 18.2 Å². The van der Waals surface area contributed by atoms with E-state index in [9.17, 15) is 10.1 Å². The lowest BCUT2D eigenvalue weighted by atomic mass is 10.1. The second kappa shape index (κ2) is 8.57. The second-order valence-electron chi connectivity index (χ2n) is 5.76. The van der Waals surface area contributed by atoms with Gasteiger partial charge in [-0.05, 0) is 23.8 Å². The highest BCUT2D eigenvalue weighted by molar-refractivity contribution is 9.10. The molecule has 2 aromatic rings. The summed E-state index contributed by atoms with van der Waals surface area (Å²) in [6.45, 7) is 3.02. The maximum atomic E-state index is 10.9. The predicted molar refractivity (Wildman–Crippen MR) is 106 cm³/mol. The molecule has 1 aliphatic rings. The van der Waals surface area contributed by atoms with Gasteiger partial charge in [0.25, 0.3) is 5.69 Å². The van der Waals surface area contributed by atoms with E-state index in [1.54, 1.807) is 12.1 Å². The van der Waals surface area contributed by atoms with Crippen molar-refractivity contribution in [3.05, 3.63) is 68.2 Å². The highest BCUT2D eigenvalue weighted by Crippen LogP contribution is 2.27. The highest BCUT2D eigenvalue weighted by Gasteiger charge is 2.19. The number of rotatable bonds is 5. The van der Waals surface area contributed by atoms with E-state index in [1.165, 1.54) is 12.1 Å². The lowest BCUT2D eigenvalue weighted by molar-refractivity contribution is -0.384. The zero-order valence-corrected chi connectivity index (χ0v) is 16.3. The molecule has 0 N–H and O–H groups in total. The SMILES string of the molecule is O=[N+]([O-])c1cccc(COc2ccc(Br)cc2C(=S)N2CCOCC2)c1. The molecule has 0 amide bonds. The summed E-state index contributed by atoms with van der Waals surface area (Å²) >= 11 is 9.13. The van der Waals surface area contributed by atoms with Gasteiger partial charge in [-0.15, -0.1) is 0 Å². The number of nitro benzene ring substituents is 1. The number of nitro groups is 1. The number of ether oxygens (including phenoxy) is 2. The van der Waals surface area contributed by atoms with Gasteiger partial charge in [0.15, 0.2) is 0 Å². The fourth-order valence-corrected chi connectivity index (χ4v) is 3.36. The molecule has 0 bridgehead atoms. The Morgan fingerprint density at radius 2 is 2.04 bits per heavy atom. The number of non-ortho nitro benzene ring substituents is 1. The van der Waals surface area contributed by atoms with Gasteiger partial charge in [-0.1, -0.05) is 40.3 Å². The number of benzene rings is 2. The van der Waals surface area contributed by atoms with Crippen LogP contribution in [-0.4, -0.2) is 41.1 Å². The Bertz CT molecular complexity index is 825. The van der Waals surface area contributed by atoms with Gasteiger partial charge < -0.3 is 14.4 Å². The Labute approximate surface area is 165 Å². The molecule has 0 aromatic heterocycles. The molecule has 3 rings (SSSR count). The first-order valence-corrected chi connectivity index (χ1v) is 9.27. The monoisotopic (exact) mass is 436 g/mol. The molecule has 1 fully saturated rings. The average Bonchev–Trinajstić information content (AvgIpc) is 2.67. The van der Waals surface area contributed by atoms with Gasteiger partial charge in [0, 0.05) is 29.7 Å². The Morgan fingerprint density at radius 3 is 2.77 bits per heavy atom. The molecule has 0 unspecified atom stereocenters. The quantitative estimate of drug-likeness (QED) is 0.401. The van der Waals surface area contributed by atoms with Crippen LogP contribution in [0.15, 0.2) is 46.9 Å². The Morgan fingerprint density at radius 1 is 1.27 bits per heavy atom. The first-order chi connectivity index (χ1) is 12.5. The fourth-order valence-electron chi connectivity index (χ4n) is 2.65. The van der Waals surface area contributed by atoms with Crippen LogP contribution in [0, 0.1) is 10.1 Å². The zero-order valence-electron chi connectivity index (χ0n) is 13.9. The fraction of sp³-hybridized carbons (Fsp3) is 0.278. The number of thiocarbonyl (C=S) groups is 1. The van der Waals surface area contributed by atoms with Crippen molar-refractivity contribution in [3.63, 3.8) is 0 Å². The summed E-state index contributed by atoms with van der Waals surface area (Å²) in [5, 5.41) is 10.9. The van der Waals surface area contributed by atoms with Gasteiger partial charge in [-0.3, -0.25) is 10.1 Å². The molecule has 136 valence electrons. The summed E-state index contributed by atoms with van der Waals surface area (Å²) in [5.74, 6) is 0.649. The molecule has 26 heavy (non-hydrogen) atoms. The molecule has 8 heteroatoms. The minimum absolute atomic E-state index is 0.0472. The Balaban J connectivity index is 1.78. The standard InChI is InChI=1S/C18H17BrN2O4S/c19-14-4-5-17(16(11-14)18(26)20-6-8-24-9-7-20)25-12-13-2-1-3-15(10-13)21(22)23/h1-5,10-11H,6-9,12H2. The molecule has 0 radical (unpaired) electrons. The van der Waals surface area contributed by atoms with E-state index in [2.05, 4.69) is 20.8 Å². The van der Waals surface area contributed by atoms with Crippen LogP contribution in [-0.2, 0) is 11.3 Å². The van der Waals surface area contributed by atoms with E-state index >= 15 is 0 Å². The largest absolute Gasteiger partial charge is 0.488 e. The first-order valence-electron chi connectivity index (χ1n) is 8.07. The summed E-state index contributed by atoms with van der Waals surface area (Å²) in [6.07, 6.45) is 0. The Kier molecular flexibility index (Phi) is 6.18. The molecule has 1 saturated heterocycles. The van der Waals surface area contributed by atoms with E-state index < -0.39 is 4.92 Å². The minimum Gasteiger partial charge on any atom is -0.488 e. The summed E-state index contributed by atoms with van der Waals surface area (Å²) in [4.78, 5) is 13.3. The number of hydrogen-bond acceptors (Lipinski definition) is 5. The van der Waals surface area contributed by atoms with Gasteiger partial charge in [0.05, 0.1) is 23.7 Å². The molecular formula is C18H17BrN2O4S. The third kappa shape index (κ3) is 4.57. The summed E-state index contributed by atoms with van der Waals surface area (Å²) in [7, 11) is 0. The van der Waals surface area contributed by atoms with E-state index in [-0.39, 0.29) is 12.3 Å². The number of hydrogen-bond donors (Lipinski definition) is 0. The summed E-state index contributed by atoms with van der Waals surface area (Å²) in [6, 6.07) is 12.1. The van der Waals surface area contributed by atoms with Crippen LogP contribution in [0.4, 0.5) is 5.69 Å². The van der Waals surface area contributed by atoms with Gasteiger partial charge >= 0.3 is 0 Å². The van der Waals surface area contributed by atoms with Crippen LogP contribution in [0.5, 0.6) is 5.75 Å². The van der Waals surface area contributed by atoms with Crippen molar-refractivity contribution in [2.45, 2.75) is 6.61 Å². The van der Waals surface area contributed by atoms with Crippen molar-refractivity contribution in [3.8, 4) is 5.75 Å². The molecular weight excluding hydrogens is 420 g/mol. The summed E-state index contributed by atoms with van der Waals surface area (Å²) < 4.78 is 12.2. The number of halogens is 1. The van der Waals surface area contributed by atoms with Crippen LogP contribution in [0.2, 0.25) is 0 Å². The zero-order chi connectivity index (χ0) is 18.5. The maximum absolute atomic E-state index is 10.9. The van der Waals surface area contributed by atoms with E-state index in [0.29, 0.717) is 24.0 Å². The summed E-state index contributed by atoms with van der Waals surface area (Å²) in [5.41, 5.74) is 1.60. The van der Waals surface area contributed by atoms with Gasteiger partial charge in [-0.25, -0.2) is 0 Å². The predicted octanol–water partition coefficient (Wildman–Crippen LogP) is 3.94. The number of morpholine rings is 1. The van der Waals surface area contributed by atoms with E-state index in [0.717, 1.165) is 28.7 Å². The minimum atomic E-state index is -0.415. The van der Waals surface area contributed by atoms with Crippen molar-refractivity contribution in [2.24, 2.45) is 0 Å². The highest BCUT2D eigenvalue weighted by atomic mass is 79.9. The number of nitrogens with zero attached hydrogens (tertiary/aromatic N) is 2. The third-order valence-corrected chi connectivity index (χ3v) is 4.96. The Hall–Kier alpha value is -2.03. The lowest BCUT2D eigenvalue weighted by Crippen LogP contribution is -2.40. The average molecular weight is 437 g/mol. The van der Waals surface area contributed by atoms with Crippen LogP contribution >= 0.6 is 28.1 Å². The van der Waals surface area contributed by atoms with Crippen LogP contribution in [0.1, 0.15) is 11.1 Å². The lowest BCUT2D eigenvalue weighted by Gasteiger charge is -2.30. The molecule has 1 aliphatic heterocycles. The molecule has 0 saturated carbocycles. The van der Waals surface area contributed by atoms with Gasteiger partial charge in [0.1, 0.15) is 17.3 Å². The van der Waals surface area contributed by atoms with Crippen molar-refractivity contribution < 1.29 is 14.4 Å². The molecule has 1 heterocycles. The van der Waals surface area contributed by atoms with Crippen LogP contribution in [0.25, 0.3) is 0 Å². The van der Waals surface area contributed by atoms with E-state index in [4.69, 9.17) is 21.7 Å². The van der Waals surface area contributed by atoms with Gasteiger partial charge in [-0.2, -0.15) is 0 Å². The molecule has 2 aromatic carbocycles. The topological polar surface area (TPSA) is 64.8 Å². The van der Waals surface area contributed by atoms with Gasteiger partial charge in [0.2, 0.25) is 0 Å². The van der Waals surface area contributed by atoms with Crippen molar-refractivity contribution in [1.29, 1.82) is 0 Å². The molecule has 0 spiro atoms. The van der Waals surface area contributed by atoms with Crippen molar-refractivity contribution in [1.82, 2.24) is 4.90 Å². The molecule has 0 aliphatic carbocycles. The van der Waals surface area contributed by atoms with Crippen molar-refractivity contribution >= 4 is 38.8 Å². The first kappa shape index (κ1) is 18.8. The van der Waals surface area contributed by atoms with Crippen molar-refractivity contribution in [2.75, 3.05) is 26.3 Å². The molecule has 0 atom stereocenters.